The van der Waals surface area contributed by atoms with Crippen LogP contribution in [0.3, 0.4) is 0 Å². The molecule has 1 amide bonds. The Bertz CT molecular complexity index is 923. The van der Waals surface area contributed by atoms with Gasteiger partial charge in [0.05, 0.1) is 6.61 Å². The molecule has 7 nitrogen and oxygen atoms in total. The summed E-state index contributed by atoms with van der Waals surface area (Å²) in [5.41, 5.74) is 6.24. The Morgan fingerprint density at radius 1 is 1.25 bits per heavy atom. The monoisotopic (exact) mass is 406 g/mol. The number of carbonyl (C=O) groups excluding carboxylic acids is 3. The lowest BCUT2D eigenvalue weighted by atomic mass is 10.1. The van der Waals surface area contributed by atoms with E-state index in [1.165, 1.54) is 31.3 Å². The van der Waals surface area contributed by atoms with Crippen molar-refractivity contribution in [1.29, 1.82) is 0 Å². The number of hydrogen-bond acceptors (Lipinski definition) is 7. The second-order valence-corrected chi connectivity index (χ2v) is 6.46. The molecule has 1 heterocycles. The normalized spacial score (nSPS) is 10.7. The van der Waals surface area contributed by atoms with Gasteiger partial charge in [0.25, 0.3) is 5.91 Å². The van der Waals surface area contributed by atoms with Crippen molar-refractivity contribution in [1.82, 2.24) is 5.32 Å². The van der Waals surface area contributed by atoms with Crippen LogP contribution in [-0.4, -0.2) is 31.5 Å². The average molecular weight is 406 g/mol. The van der Waals surface area contributed by atoms with Crippen molar-refractivity contribution in [2.75, 3.05) is 19.4 Å². The summed E-state index contributed by atoms with van der Waals surface area (Å²) in [4.78, 5) is 36.4. The van der Waals surface area contributed by atoms with Crippen molar-refractivity contribution in [2.45, 2.75) is 13.5 Å². The molecule has 1 aromatic heterocycles. The summed E-state index contributed by atoms with van der Waals surface area (Å²) in [5, 5.41) is 2.53. The van der Waals surface area contributed by atoms with Crippen LogP contribution in [0.4, 0.5) is 9.39 Å². The Hall–Kier alpha value is -3.20. The highest BCUT2D eigenvalue weighted by Crippen LogP contribution is 2.32. The molecule has 2 rings (SSSR count). The smallest absolute Gasteiger partial charge is 0.341 e. The number of hydrogen-bond donors (Lipinski definition) is 2. The molecule has 1 aromatic carbocycles. The molecule has 0 aliphatic rings. The minimum absolute atomic E-state index is 0.00339. The van der Waals surface area contributed by atoms with Crippen LogP contribution in [0.2, 0.25) is 0 Å². The van der Waals surface area contributed by atoms with E-state index in [9.17, 15) is 18.8 Å². The Labute approximate surface area is 164 Å². The van der Waals surface area contributed by atoms with E-state index in [1.54, 1.807) is 13.0 Å². The number of carbonyl (C=O) groups is 3. The molecule has 0 radical (unpaired) electrons. The molecule has 0 atom stereocenters. The van der Waals surface area contributed by atoms with E-state index in [4.69, 9.17) is 15.2 Å². The zero-order valence-corrected chi connectivity index (χ0v) is 16.1. The van der Waals surface area contributed by atoms with Gasteiger partial charge in [0.2, 0.25) is 0 Å². The van der Waals surface area contributed by atoms with Crippen LogP contribution in [0, 0.1) is 5.82 Å². The number of benzene rings is 1. The SMILES string of the molecule is CCOC(=O)c1c(N)sc(C(=O)NC)c1COC(=O)/C=C/c1ccccc1F. The summed E-state index contributed by atoms with van der Waals surface area (Å²) >= 11 is 0.898. The number of anilines is 1. The van der Waals surface area contributed by atoms with Gasteiger partial charge in [0.1, 0.15) is 27.9 Å². The molecule has 2 aromatic rings. The van der Waals surface area contributed by atoms with Gasteiger partial charge in [-0.25, -0.2) is 14.0 Å². The van der Waals surface area contributed by atoms with Gasteiger partial charge in [0, 0.05) is 24.3 Å². The third-order valence-electron chi connectivity index (χ3n) is 3.61. The average Bonchev–Trinajstić information content (AvgIpc) is 3.01. The van der Waals surface area contributed by atoms with Gasteiger partial charge in [-0.15, -0.1) is 11.3 Å². The van der Waals surface area contributed by atoms with Gasteiger partial charge < -0.3 is 20.5 Å². The topological polar surface area (TPSA) is 108 Å². The van der Waals surface area contributed by atoms with Crippen LogP contribution in [-0.2, 0) is 20.9 Å². The highest BCUT2D eigenvalue weighted by Gasteiger charge is 2.27. The Balaban J connectivity index is 2.22. The van der Waals surface area contributed by atoms with E-state index < -0.39 is 23.7 Å². The van der Waals surface area contributed by atoms with Crippen LogP contribution >= 0.6 is 11.3 Å². The predicted molar refractivity (Wildman–Crippen MR) is 103 cm³/mol. The summed E-state index contributed by atoms with van der Waals surface area (Å²) in [6.07, 6.45) is 2.32. The molecule has 148 valence electrons. The third kappa shape index (κ3) is 4.95. The second kappa shape index (κ2) is 9.65. The fourth-order valence-electron chi connectivity index (χ4n) is 2.31. The first kappa shape index (κ1) is 21.1. The first-order valence-electron chi connectivity index (χ1n) is 8.28. The lowest BCUT2D eigenvalue weighted by Gasteiger charge is -2.07. The van der Waals surface area contributed by atoms with Crippen molar-refractivity contribution in [3.05, 3.63) is 57.7 Å². The van der Waals surface area contributed by atoms with Gasteiger partial charge in [0.15, 0.2) is 0 Å². The van der Waals surface area contributed by atoms with E-state index in [2.05, 4.69) is 5.32 Å². The molecule has 9 heteroatoms. The number of nitrogens with one attached hydrogen (secondary N) is 1. The van der Waals surface area contributed by atoms with E-state index >= 15 is 0 Å². The van der Waals surface area contributed by atoms with Crippen molar-refractivity contribution >= 4 is 40.3 Å². The highest BCUT2D eigenvalue weighted by atomic mass is 32.1. The van der Waals surface area contributed by atoms with E-state index in [0.717, 1.165) is 17.4 Å². The van der Waals surface area contributed by atoms with Crippen LogP contribution in [0.5, 0.6) is 0 Å². The molecular weight excluding hydrogens is 387 g/mol. The number of nitrogens with two attached hydrogens (primary N) is 1. The molecule has 0 fully saturated rings. The minimum Gasteiger partial charge on any atom is -0.462 e. The molecular formula is C19H19FN2O5S. The number of thiophene rings is 1. The zero-order chi connectivity index (χ0) is 20.7. The number of halogens is 1. The molecule has 0 saturated carbocycles. The van der Waals surface area contributed by atoms with Crippen LogP contribution < -0.4 is 11.1 Å². The molecule has 0 spiro atoms. The Morgan fingerprint density at radius 2 is 1.96 bits per heavy atom. The first-order valence-corrected chi connectivity index (χ1v) is 9.10. The minimum atomic E-state index is -0.773. The maximum atomic E-state index is 13.6. The van der Waals surface area contributed by atoms with Gasteiger partial charge in [-0.05, 0) is 19.1 Å². The molecule has 0 aliphatic heterocycles. The molecule has 0 saturated heterocycles. The second-order valence-electron chi connectivity index (χ2n) is 5.41. The summed E-state index contributed by atoms with van der Waals surface area (Å²) in [7, 11) is 1.43. The summed E-state index contributed by atoms with van der Waals surface area (Å²) in [6.45, 7) is 1.38. The van der Waals surface area contributed by atoms with E-state index in [0.29, 0.717) is 0 Å². The van der Waals surface area contributed by atoms with Crippen LogP contribution in [0.15, 0.2) is 30.3 Å². The standard InChI is InChI=1S/C19H19FN2O5S/c1-3-26-19(25)15-12(16(18(24)22-2)28-17(15)21)10-27-14(23)9-8-11-6-4-5-7-13(11)20/h4-9H,3,10,21H2,1-2H3,(H,22,24)/b9-8+. The predicted octanol–water partition coefficient (Wildman–Crippen LogP) is 2.76. The fourth-order valence-corrected chi connectivity index (χ4v) is 3.31. The van der Waals surface area contributed by atoms with Crippen LogP contribution in [0.1, 0.15) is 38.1 Å². The summed E-state index contributed by atoms with van der Waals surface area (Å²) in [6, 6.07) is 5.92. The van der Waals surface area contributed by atoms with Gasteiger partial charge in [-0.3, -0.25) is 4.79 Å². The first-order chi connectivity index (χ1) is 13.4. The maximum absolute atomic E-state index is 13.6. The Kier molecular flexibility index (Phi) is 7.28. The molecule has 3 N–H and O–H groups in total. The van der Waals surface area contributed by atoms with Crippen LogP contribution in [0.25, 0.3) is 6.08 Å². The maximum Gasteiger partial charge on any atom is 0.341 e. The molecule has 0 bridgehead atoms. The largest absolute Gasteiger partial charge is 0.462 e. The summed E-state index contributed by atoms with van der Waals surface area (Å²) < 4.78 is 23.7. The highest BCUT2D eigenvalue weighted by molar-refractivity contribution is 7.18. The number of rotatable bonds is 7. The fraction of sp³-hybridized carbons (Fsp3) is 0.211. The summed E-state index contributed by atoms with van der Waals surface area (Å²) in [5.74, 6) is -2.44. The number of amides is 1. The third-order valence-corrected chi connectivity index (χ3v) is 4.67. The van der Waals surface area contributed by atoms with Gasteiger partial charge in [-0.1, -0.05) is 18.2 Å². The lowest BCUT2D eigenvalue weighted by Crippen LogP contribution is -2.19. The van der Waals surface area contributed by atoms with Crippen molar-refractivity contribution in [3.8, 4) is 0 Å². The van der Waals surface area contributed by atoms with Crippen molar-refractivity contribution in [2.24, 2.45) is 0 Å². The Morgan fingerprint density at radius 3 is 2.61 bits per heavy atom. The van der Waals surface area contributed by atoms with Gasteiger partial charge in [-0.2, -0.15) is 0 Å². The number of nitrogen functional groups attached to an aromatic ring is 1. The number of ether oxygens (including phenoxy) is 2. The zero-order valence-electron chi connectivity index (χ0n) is 15.3. The molecule has 0 unspecified atom stereocenters. The van der Waals surface area contributed by atoms with E-state index in [-0.39, 0.29) is 39.8 Å². The number of esters is 2. The lowest BCUT2D eigenvalue weighted by molar-refractivity contribution is -0.138. The quantitative estimate of drug-likeness (QED) is 0.541. The van der Waals surface area contributed by atoms with E-state index in [1.807, 2.05) is 0 Å². The molecule has 0 aliphatic carbocycles. The van der Waals surface area contributed by atoms with Crippen molar-refractivity contribution in [3.63, 3.8) is 0 Å². The van der Waals surface area contributed by atoms with Gasteiger partial charge >= 0.3 is 11.9 Å². The van der Waals surface area contributed by atoms with Crippen molar-refractivity contribution < 1.29 is 28.2 Å². The molecule has 28 heavy (non-hydrogen) atoms.